The van der Waals surface area contributed by atoms with Crippen molar-refractivity contribution in [2.24, 2.45) is 5.14 Å². The highest BCUT2D eigenvalue weighted by Crippen LogP contribution is 2.29. The van der Waals surface area contributed by atoms with Crippen LogP contribution in [0.25, 0.3) is 11.1 Å². The Kier molecular flexibility index (Phi) is 3.65. The predicted molar refractivity (Wildman–Crippen MR) is 72.6 cm³/mol. The van der Waals surface area contributed by atoms with Crippen LogP contribution < -0.4 is 5.14 Å². The molecule has 0 spiro atoms. The molecule has 2 aromatic rings. The number of rotatable bonds is 3. The highest BCUT2D eigenvalue weighted by molar-refractivity contribution is 7.89. The zero-order chi connectivity index (χ0) is 13.9. The van der Waals surface area contributed by atoms with Gasteiger partial charge in [-0.1, -0.05) is 42.5 Å². The highest BCUT2D eigenvalue weighted by atomic mass is 32.2. The van der Waals surface area contributed by atoms with Crippen LogP contribution in [0.15, 0.2) is 53.4 Å². The Morgan fingerprint density at radius 2 is 1.58 bits per heavy atom. The van der Waals surface area contributed by atoms with Gasteiger partial charge in [0.25, 0.3) is 0 Å². The summed E-state index contributed by atoms with van der Waals surface area (Å²) in [6.45, 7) is 0. The molecule has 0 heterocycles. The standard InChI is InChI=1S/C14H12N2O2S/c15-10-9-11-5-1-2-6-12(11)13-7-3-4-8-14(13)19(16,17)18/h1-8H,9H2,(H2,16,17,18). The summed E-state index contributed by atoms with van der Waals surface area (Å²) in [6, 6.07) is 15.8. The fourth-order valence-corrected chi connectivity index (χ4v) is 2.71. The number of hydrogen-bond acceptors (Lipinski definition) is 3. The second-order valence-electron chi connectivity index (χ2n) is 4.03. The molecule has 19 heavy (non-hydrogen) atoms. The first kappa shape index (κ1) is 13.3. The molecule has 0 aliphatic carbocycles. The van der Waals surface area contributed by atoms with E-state index < -0.39 is 10.0 Å². The summed E-state index contributed by atoms with van der Waals surface area (Å²) in [6.07, 6.45) is 0.217. The van der Waals surface area contributed by atoms with E-state index in [-0.39, 0.29) is 11.3 Å². The second kappa shape index (κ2) is 5.22. The first-order valence-corrected chi connectivity index (χ1v) is 7.15. The van der Waals surface area contributed by atoms with Crippen molar-refractivity contribution >= 4 is 10.0 Å². The van der Waals surface area contributed by atoms with Gasteiger partial charge in [-0.3, -0.25) is 0 Å². The van der Waals surface area contributed by atoms with E-state index in [2.05, 4.69) is 6.07 Å². The van der Waals surface area contributed by atoms with Crippen molar-refractivity contribution in [1.29, 1.82) is 5.26 Å². The number of nitriles is 1. The van der Waals surface area contributed by atoms with Crippen LogP contribution in [0.4, 0.5) is 0 Å². The quantitative estimate of drug-likeness (QED) is 0.928. The van der Waals surface area contributed by atoms with E-state index in [1.165, 1.54) is 6.07 Å². The lowest BCUT2D eigenvalue weighted by Gasteiger charge is -2.10. The van der Waals surface area contributed by atoms with E-state index in [0.29, 0.717) is 11.1 Å². The smallest absolute Gasteiger partial charge is 0.225 e. The van der Waals surface area contributed by atoms with E-state index in [1.54, 1.807) is 36.4 Å². The summed E-state index contributed by atoms with van der Waals surface area (Å²) in [5.74, 6) is 0. The third-order valence-corrected chi connectivity index (χ3v) is 3.74. The zero-order valence-electron chi connectivity index (χ0n) is 10.1. The van der Waals surface area contributed by atoms with Gasteiger partial charge in [-0.25, -0.2) is 13.6 Å². The monoisotopic (exact) mass is 272 g/mol. The number of sulfonamides is 1. The van der Waals surface area contributed by atoms with Crippen molar-refractivity contribution in [1.82, 2.24) is 0 Å². The fraction of sp³-hybridized carbons (Fsp3) is 0.0714. The van der Waals surface area contributed by atoms with Gasteiger partial charge in [0.2, 0.25) is 10.0 Å². The summed E-state index contributed by atoms with van der Waals surface area (Å²) in [5, 5.41) is 14.1. The van der Waals surface area contributed by atoms with Gasteiger partial charge in [0.05, 0.1) is 17.4 Å². The normalized spacial score (nSPS) is 10.9. The third-order valence-electron chi connectivity index (χ3n) is 2.77. The minimum atomic E-state index is -3.80. The Balaban J connectivity index is 2.71. The van der Waals surface area contributed by atoms with Gasteiger partial charge >= 0.3 is 0 Å². The van der Waals surface area contributed by atoms with Gasteiger partial charge in [0, 0.05) is 5.56 Å². The lowest BCUT2D eigenvalue weighted by atomic mass is 9.98. The number of primary sulfonamides is 1. The second-order valence-corrected chi connectivity index (χ2v) is 5.56. The van der Waals surface area contributed by atoms with Crippen LogP contribution in [0.5, 0.6) is 0 Å². The molecule has 2 rings (SSSR count). The first-order valence-electron chi connectivity index (χ1n) is 5.61. The van der Waals surface area contributed by atoms with Gasteiger partial charge in [-0.05, 0) is 17.2 Å². The van der Waals surface area contributed by atoms with Crippen LogP contribution in [0.2, 0.25) is 0 Å². The molecule has 0 aromatic heterocycles. The fourth-order valence-electron chi connectivity index (χ4n) is 1.96. The number of nitrogens with two attached hydrogens (primary N) is 1. The van der Waals surface area contributed by atoms with Crippen molar-refractivity contribution in [3.63, 3.8) is 0 Å². The van der Waals surface area contributed by atoms with Crippen LogP contribution in [-0.2, 0) is 16.4 Å². The molecule has 0 amide bonds. The van der Waals surface area contributed by atoms with E-state index in [1.807, 2.05) is 6.07 Å². The minimum absolute atomic E-state index is 0.0698. The average Bonchev–Trinajstić information content (AvgIpc) is 2.39. The van der Waals surface area contributed by atoms with Gasteiger partial charge in [0.1, 0.15) is 0 Å². The summed E-state index contributed by atoms with van der Waals surface area (Å²) in [4.78, 5) is 0.0698. The average molecular weight is 272 g/mol. The Hall–Kier alpha value is -2.16. The molecule has 0 radical (unpaired) electrons. The zero-order valence-corrected chi connectivity index (χ0v) is 10.9. The summed E-state index contributed by atoms with van der Waals surface area (Å²) >= 11 is 0. The maximum atomic E-state index is 11.6. The minimum Gasteiger partial charge on any atom is -0.225 e. The van der Waals surface area contributed by atoms with Crippen LogP contribution >= 0.6 is 0 Å². The molecule has 5 heteroatoms. The van der Waals surface area contributed by atoms with Gasteiger partial charge in [-0.2, -0.15) is 5.26 Å². The Bertz CT molecular complexity index is 746. The lowest BCUT2D eigenvalue weighted by molar-refractivity contribution is 0.598. The Morgan fingerprint density at radius 1 is 1.00 bits per heavy atom. The Morgan fingerprint density at radius 3 is 2.21 bits per heavy atom. The topological polar surface area (TPSA) is 83.9 Å². The maximum absolute atomic E-state index is 11.6. The maximum Gasteiger partial charge on any atom is 0.238 e. The molecule has 0 aliphatic heterocycles. The molecule has 0 atom stereocenters. The molecule has 0 aliphatic rings. The SMILES string of the molecule is N#CCc1ccccc1-c1ccccc1S(N)(=O)=O. The number of benzene rings is 2. The molecule has 0 saturated heterocycles. The van der Waals surface area contributed by atoms with Crippen LogP contribution in [0.1, 0.15) is 5.56 Å². The van der Waals surface area contributed by atoms with E-state index in [4.69, 9.17) is 10.4 Å². The van der Waals surface area contributed by atoms with Crippen molar-refractivity contribution < 1.29 is 8.42 Å². The number of hydrogen-bond donors (Lipinski definition) is 1. The molecule has 0 fully saturated rings. The molecule has 0 unspecified atom stereocenters. The molecular formula is C14H12N2O2S. The van der Waals surface area contributed by atoms with Crippen molar-refractivity contribution in [3.8, 4) is 17.2 Å². The van der Waals surface area contributed by atoms with E-state index >= 15 is 0 Å². The molecule has 0 bridgehead atoms. The third kappa shape index (κ3) is 2.81. The van der Waals surface area contributed by atoms with Crippen LogP contribution in [-0.4, -0.2) is 8.42 Å². The molecule has 0 saturated carbocycles. The summed E-state index contributed by atoms with van der Waals surface area (Å²) in [5.41, 5.74) is 2.02. The van der Waals surface area contributed by atoms with E-state index in [0.717, 1.165) is 5.56 Å². The van der Waals surface area contributed by atoms with Crippen molar-refractivity contribution in [3.05, 3.63) is 54.1 Å². The van der Waals surface area contributed by atoms with Crippen molar-refractivity contribution in [2.75, 3.05) is 0 Å². The summed E-state index contributed by atoms with van der Waals surface area (Å²) < 4.78 is 23.2. The first-order chi connectivity index (χ1) is 9.04. The highest BCUT2D eigenvalue weighted by Gasteiger charge is 2.16. The van der Waals surface area contributed by atoms with Gasteiger partial charge in [-0.15, -0.1) is 0 Å². The summed E-state index contributed by atoms with van der Waals surface area (Å²) in [7, 11) is -3.80. The molecule has 4 nitrogen and oxygen atoms in total. The van der Waals surface area contributed by atoms with Gasteiger partial charge in [0.15, 0.2) is 0 Å². The predicted octanol–water partition coefficient (Wildman–Crippen LogP) is 2.07. The molecular weight excluding hydrogens is 260 g/mol. The largest absolute Gasteiger partial charge is 0.238 e. The lowest BCUT2D eigenvalue weighted by Crippen LogP contribution is -2.13. The molecule has 96 valence electrons. The molecule has 2 aromatic carbocycles. The molecule has 2 N–H and O–H groups in total. The van der Waals surface area contributed by atoms with Crippen molar-refractivity contribution in [2.45, 2.75) is 11.3 Å². The van der Waals surface area contributed by atoms with Gasteiger partial charge < -0.3 is 0 Å². The van der Waals surface area contributed by atoms with E-state index in [9.17, 15) is 8.42 Å². The van der Waals surface area contributed by atoms with Crippen LogP contribution in [0.3, 0.4) is 0 Å². The Labute approximate surface area is 112 Å². The number of nitrogens with zero attached hydrogens (tertiary/aromatic N) is 1. The van der Waals surface area contributed by atoms with Crippen LogP contribution in [0, 0.1) is 11.3 Å².